The van der Waals surface area contributed by atoms with E-state index in [0.717, 1.165) is 31.6 Å². The quantitative estimate of drug-likeness (QED) is 0.861. The zero-order chi connectivity index (χ0) is 18.5. The summed E-state index contributed by atoms with van der Waals surface area (Å²) in [5.41, 5.74) is 2.71. The number of nitrogens with zero attached hydrogens (tertiary/aromatic N) is 1. The van der Waals surface area contributed by atoms with Crippen LogP contribution >= 0.6 is 0 Å². The molecule has 0 spiro atoms. The van der Waals surface area contributed by atoms with Gasteiger partial charge in [0.05, 0.1) is 0 Å². The van der Waals surface area contributed by atoms with E-state index in [1.165, 1.54) is 17.2 Å². The third kappa shape index (κ3) is 4.58. The molecule has 0 fully saturated rings. The highest BCUT2D eigenvalue weighted by Gasteiger charge is 2.20. The molecule has 0 saturated heterocycles. The van der Waals surface area contributed by atoms with E-state index in [4.69, 9.17) is 4.74 Å². The second-order valence-corrected chi connectivity index (χ2v) is 6.51. The van der Waals surface area contributed by atoms with Crippen LogP contribution < -0.4 is 10.1 Å². The fraction of sp³-hybridized carbons (Fsp3) is 0.350. The van der Waals surface area contributed by atoms with Gasteiger partial charge in [0.1, 0.15) is 5.82 Å². The molecule has 1 aliphatic heterocycles. The molecule has 4 nitrogen and oxygen atoms in total. The van der Waals surface area contributed by atoms with E-state index in [0.29, 0.717) is 6.54 Å². The summed E-state index contributed by atoms with van der Waals surface area (Å²) < 4.78 is 31.4. The van der Waals surface area contributed by atoms with Crippen molar-refractivity contribution in [2.75, 3.05) is 19.7 Å². The van der Waals surface area contributed by atoms with Crippen molar-refractivity contribution >= 4 is 5.91 Å². The zero-order valence-corrected chi connectivity index (χ0v) is 14.7. The summed E-state index contributed by atoms with van der Waals surface area (Å²) in [5, 5.41) is 2.80. The van der Waals surface area contributed by atoms with Gasteiger partial charge in [0.25, 0.3) is 5.91 Å². The maximum Gasteiger partial charge on any atom is 0.257 e. The lowest BCUT2D eigenvalue weighted by Gasteiger charge is -2.33. The molecule has 2 aromatic rings. The minimum atomic E-state index is -0.821. The van der Waals surface area contributed by atoms with Crippen molar-refractivity contribution in [3.05, 3.63) is 65.2 Å². The first-order chi connectivity index (χ1) is 12.5. The molecule has 1 amide bonds. The lowest BCUT2D eigenvalue weighted by atomic mass is 9.99. The number of carbonyl (C=O) groups excluding carboxylic acids is 1. The summed E-state index contributed by atoms with van der Waals surface area (Å²) >= 11 is 0. The number of benzene rings is 2. The van der Waals surface area contributed by atoms with Crippen LogP contribution in [0.1, 0.15) is 18.1 Å². The largest absolute Gasteiger partial charge is 0.481 e. The van der Waals surface area contributed by atoms with Gasteiger partial charge in [-0.15, -0.1) is 0 Å². The molecule has 1 atom stereocenters. The van der Waals surface area contributed by atoms with Crippen LogP contribution in [-0.2, 0) is 17.8 Å². The Morgan fingerprint density at radius 3 is 2.77 bits per heavy atom. The van der Waals surface area contributed by atoms with Crippen LogP contribution in [0.3, 0.4) is 0 Å². The van der Waals surface area contributed by atoms with Gasteiger partial charge >= 0.3 is 0 Å². The molecular weight excluding hydrogens is 338 g/mol. The highest BCUT2D eigenvalue weighted by molar-refractivity contribution is 5.77. The van der Waals surface area contributed by atoms with Crippen LogP contribution in [0.4, 0.5) is 8.78 Å². The molecule has 0 bridgehead atoms. The van der Waals surface area contributed by atoms with Gasteiger partial charge < -0.3 is 10.1 Å². The number of ether oxygens (including phenoxy) is 1. The monoisotopic (exact) mass is 360 g/mol. The predicted molar refractivity (Wildman–Crippen MR) is 94.9 cm³/mol. The van der Waals surface area contributed by atoms with Crippen LogP contribution in [0.15, 0.2) is 42.5 Å². The lowest BCUT2D eigenvalue weighted by molar-refractivity contribution is -0.123. The predicted octanol–water partition coefficient (Wildman–Crippen LogP) is 2.91. The summed E-state index contributed by atoms with van der Waals surface area (Å²) in [7, 11) is 0. The number of fused-ring (bicyclic) bond motifs is 1. The first-order valence-corrected chi connectivity index (χ1v) is 8.68. The highest BCUT2D eigenvalue weighted by Crippen LogP contribution is 2.20. The molecule has 1 heterocycles. The van der Waals surface area contributed by atoms with E-state index in [-0.39, 0.29) is 24.3 Å². The summed E-state index contributed by atoms with van der Waals surface area (Å²) in [6, 6.07) is 11.6. The SMILES string of the molecule is CC(CNC(=O)COc1ccc(F)cc1F)N1CCc2ccccc2C1. The molecule has 6 heteroatoms. The van der Waals surface area contributed by atoms with Crippen LogP contribution in [0.5, 0.6) is 5.75 Å². The number of halogens is 2. The van der Waals surface area contributed by atoms with Crippen molar-refractivity contribution in [2.24, 2.45) is 0 Å². The van der Waals surface area contributed by atoms with Gasteiger partial charge in [-0.1, -0.05) is 24.3 Å². The first kappa shape index (κ1) is 18.3. The van der Waals surface area contributed by atoms with Crippen molar-refractivity contribution in [1.82, 2.24) is 10.2 Å². The first-order valence-electron chi connectivity index (χ1n) is 8.68. The summed E-state index contributed by atoms with van der Waals surface area (Å²) in [6.45, 7) is 4.05. The number of hydrogen-bond donors (Lipinski definition) is 1. The summed E-state index contributed by atoms with van der Waals surface area (Å²) in [5.74, 6) is -1.98. The number of carbonyl (C=O) groups is 1. The fourth-order valence-electron chi connectivity index (χ4n) is 3.07. The summed E-state index contributed by atoms with van der Waals surface area (Å²) in [6.07, 6.45) is 1.00. The van der Waals surface area contributed by atoms with E-state index in [9.17, 15) is 13.6 Å². The van der Waals surface area contributed by atoms with Crippen molar-refractivity contribution < 1.29 is 18.3 Å². The van der Waals surface area contributed by atoms with E-state index in [1.54, 1.807) is 0 Å². The molecule has 0 aliphatic carbocycles. The van der Waals surface area contributed by atoms with E-state index < -0.39 is 11.6 Å². The zero-order valence-electron chi connectivity index (χ0n) is 14.7. The van der Waals surface area contributed by atoms with Crippen LogP contribution in [0.2, 0.25) is 0 Å². The molecule has 1 aliphatic rings. The number of amides is 1. The third-order valence-electron chi connectivity index (χ3n) is 4.63. The van der Waals surface area contributed by atoms with E-state index in [1.807, 2.05) is 6.07 Å². The molecule has 2 aromatic carbocycles. The standard InChI is InChI=1S/C20H22F2N2O2/c1-14(24-9-8-15-4-2-3-5-16(15)12-24)11-23-20(25)13-26-19-7-6-17(21)10-18(19)22/h2-7,10,14H,8-9,11-13H2,1H3,(H,23,25). The number of hydrogen-bond acceptors (Lipinski definition) is 3. The normalized spacial score (nSPS) is 15.2. The Balaban J connectivity index is 1.44. The van der Waals surface area contributed by atoms with Crippen molar-refractivity contribution in [3.8, 4) is 5.75 Å². The highest BCUT2D eigenvalue weighted by atomic mass is 19.1. The molecule has 0 radical (unpaired) electrons. The van der Waals surface area contributed by atoms with Crippen molar-refractivity contribution in [3.63, 3.8) is 0 Å². The fourth-order valence-corrected chi connectivity index (χ4v) is 3.07. The topological polar surface area (TPSA) is 41.6 Å². The maximum atomic E-state index is 13.5. The third-order valence-corrected chi connectivity index (χ3v) is 4.63. The average molecular weight is 360 g/mol. The Morgan fingerprint density at radius 1 is 1.23 bits per heavy atom. The molecule has 0 aromatic heterocycles. The number of nitrogens with one attached hydrogen (secondary N) is 1. The second kappa shape index (κ2) is 8.27. The Kier molecular flexibility index (Phi) is 5.83. The molecule has 1 unspecified atom stereocenters. The van der Waals surface area contributed by atoms with Crippen molar-refractivity contribution in [2.45, 2.75) is 25.9 Å². The van der Waals surface area contributed by atoms with Crippen LogP contribution in [0.25, 0.3) is 0 Å². The summed E-state index contributed by atoms with van der Waals surface area (Å²) in [4.78, 5) is 14.3. The van der Waals surface area contributed by atoms with Gasteiger partial charge in [0.15, 0.2) is 18.2 Å². The second-order valence-electron chi connectivity index (χ2n) is 6.51. The Morgan fingerprint density at radius 2 is 2.00 bits per heavy atom. The van der Waals surface area contributed by atoms with Gasteiger partial charge in [0, 0.05) is 31.7 Å². The lowest BCUT2D eigenvalue weighted by Crippen LogP contribution is -2.45. The van der Waals surface area contributed by atoms with Gasteiger partial charge in [-0.2, -0.15) is 0 Å². The Hall–Kier alpha value is -2.47. The molecule has 3 rings (SSSR count). The minimum Gasteiger partial charge on any atom is -0.481 e. The molecule has 0 saturated carbocycles. The Labute approximate surface area is 151 Å². The maximum absolute atomic E-state index is 13.5. The molecular formula is C20H22F2N2O2. The molecule has 26 heavy (non-hydrogen) atoms. The van der Waals surface area contributed by atoms with Gasteiger partial charge in [0.2, 0.25) is 0 Å². The van der Waals surface area contributed by atoms with Crippen molar-refractivity contribution in [1.29, 1.82) is 0 Å². The molecule has 138 valence electrons. The van der Waals surface area contributed by atoms with Gasteiger partial charge in [-0.05, 0) is 36.6 Å². The van der Waals surface area contributed by atoms with E-state index >= 15 is 0 Å². The Bertz CT molecular complexity index is 782. The average Bonchev–Trinajstić information content (AvgIpc) is 2.65. The smallest absolute Gasteiger partial charge is 0.257 e. The van der Waals surface area contributed by atoms with Crippen LogP contribution in [0, 0.1) is 11.6 Å². The molecule has 1 N–H and O–H groups in total. The van der Waals surface area contributed by atoms with Gasteiger partial charge in [-0.25, -0.2) is 8.78 Å². The van der Waals surface area contributed by atoms with Crippen LogP contribution in [-0.4, -0.2) is 36.5 Å². The van der Waals surface area contributed by atoms with E-state index in [2.05, 4.69) is 35.3 Å². The van der Waals surface area contributed by atoms with Gasteiger partial charge in [-0.3, -0.25) is 9.69 Å². The minimum absolute atomic E-state index is 0.137. The number of rotatable bonds is 6.